The number of aromatic nitrogens is 2. The minimum Gasteiger partial charge on any atom is -0.338 e. The van der Waals surface area contributed by atoms with Crippen LogP contribution in [0, 0.1) is 13.8 Å². The molecular formula is C16H22N4OS. The van der Waals surface area contributed by atoms with Gasteiger partial charge in [-0.15, -0.1) is 11.3 Å². The minimum atomic E-state index is -0.133. The van der Waals surface area contributed by atoms with E-state index in [-0.39, 0.29) is 11.9 Å². The van der Waals surface area contributed by atoms with Gasteiger partial charge in [-0.3, -0.25) is 4.98 Å². The molecule has 0 aliphatic rings. The molecule has 5 nitrogen and oxygen atoms in total. The first-order valence-electron chi connectivity index (χ1n) is 7.39. The number of carbonyl (C=O) groups is 1. The molecule has 0 aliphatic heterocycles. The standard InChI is InChI=1S/C16H22N4OS/c1-11-8-17-6-4-14(11)5-7-18-16(21)19-9-12(2)15-20-13(3)10-22-15/h4,6,8,10,12H,5,7,9H2,1-3H3,(H2,18,19,21)/t12-/m1/s1. The van der Waals surface area contributed by atoms with Crippen molar-refractivity contribution in [1.82, 2.24) is 20.6 Å². The lowest BCUT2D eigenvalue weighted by atomic mass is 10.1. The van der Waals surface area contributed by atoms with Crippen molar-refractivity contribution < 1.29 is 4.79 Å². The van der Waals surface area contributed by atoms with E-state index in [2.05, 4.69) is 27.5 Å². The molecule has 0 saturated heterocycles. The Hall–Kier alpha value is -1.95. The summed E-state index contributed by atoms with van der Waals surface area (Å²) in [6.07, 6.45) is 4.43. The Balaban J connectivity index is 1.69. The number of rotatable bonds is 6. The second kappa shape index (κ2) is 7.89. The molecule has 2 rings (SSSR count). The van der Waals surface area contributed by atoms with Gasteiger partial charge in [-0.2, -0.15) is 0 Å². The molecule has 2 aromatic heterocycles. The summed E-state index contributed by atoms with van der Waals surface area (Å²) in [4.78, 5) is 20.3. The zero-order valence-corrected chi connectivity index (χ0v) is 14.0. The number of urea groups is 1. The van der Waals surface area contributed by atoms with Crippen LogP contribution in [-0.2, 0) is 6.42 Å². The van der Waals surface area contributed by atoms with Crippen LogP contribution >= 0.6 is 11.3 Å². The molecule has 2 heterocycles. The highest BCUT2D eigenvalue weighted by Crippen LogP contribution is 2.18. The average molecular weight is 318 g/mol. The highest BCUT2D eigenvalue weighted by Gasteiger charge is 2.10. The lowest BCUT2D eigenvalue weighted by molar-refractivity contribution is 0.240. The maximum Gasteiger partial charge on any atom is 0.314 e. The van der Waals surface area contributed by atoms with Crippen LogP contribution < -0.4 is 10.6 Å². The first-order valence-corrected chi connectivity index (χ1v) is 8.27. The maximum absolute atomic E-state index is 11.8. The third kappa shape index (κ3) is 4.80. The fourth-order valence-corrected chi connectivity index (χ4v) is 2.94. The lowest BCUT2D eigenvalue weighted by Gasteiger charge is -2.11. The van der Waals surface area contributed by atoms with Crippen molar-refractivity contribution in [2.24, 2.45) is 0 Å². The van der Waals surface area contributed by atoms with Crippen LogP contribution in [0.2, 0.25) is 0 Å². The van der Waals surface area contributed by atoms with E-state index >= 15 is 0 Å². The molecule has 22 heavy (non-hydrogen) atoms. The molecular weight excluding hydrogens is 296 g/mol. The van der Waals surface area contributed by atoms with Crippen LogP contribution in [0.25, 0.3) is 0 Å². The number of carbonyl (C=O) groups excluding carboxylic acids is 1. The number of nitrogens with zero attached hydrogens (tertiary/aromatic N) is 2. The summed E-state index contributed by atoms with van der Waals surface area (Å²) < 4.78 is 0. The zero-order valence-electron chi connectivity index (χ0n) is 13.2. The Morgan fingerprint density at radius 1 is 1.36 bits per heavy atom. The van der Waals surface area contributed by atoms with E-state index in [1.165, 1.54) is 5.56 Å². The fraction of sp³-hybridized carbons (Fsp3) is 0.438. The third-order valence-corrected chi connectivity index (χ3v) is 4.64. The largest absolute Gasteiger partial charge is 0.338 e. The number of nitrogens with one attached hydrogen (secondary N) is 2. The van der Waals surface area contributed by atoms with Gasteiger partial charge in [-0.25, -0.2) is 9.78 Å². The van der Waals surface area contributed by atoms with Crippen molar-refractivity contribution in [3.05, 3.63) is 45.7 Å². The van der Waals surface area contributed by atoms with Crippen LogP contribution in [0.4, 0.5) is 4.79 Å². The number of aryl methyl sites for hydroxylation is 2. The summed E-state index contributed by atoms with van der Waals surface area (Å²) in [5.74, 6) is 0.229. The van der Waals surface area contributed by atoms with E-state index in [9.17, 15) is 4.79 Å². The summed E-state index contributed by atoms with van der Waals surface area (Å²) >= 11 is 1.64. The third-order valence-electron chi connectivity index (χ3n) is 3.44. The van der Waals surface area contributed by atoms with E-state index in [0.717, 1.165) is 22.7 Å². The number of thiazole rings is 1. The molecule has 0 spiro atoms. The highest BCUT2D eigenvalue weighted by atomic mass is 32.1. The lowest BCUT2D eigenvalue weighted by Crippen LogP contribution is -2.38. The molecule has 1 atom stereocenters. The normalized spacial score (nSPS) is 12.0. The number of hydrogen-bond donors (Lipinski definition) is 2. The molecule has 0 radical (unpaired) electrons. The molecule has 0 aliphatic carbocycles. The molecule has 2 N–H and O–H groups in total. The first kappa shape index (κ1) is 16.4. The Kier molecular flexibility index (Phi) is 5.89. The quantitative estimate of drug-likeness (QED) is 0.860. The first-order chi connectivity index (χ1) is 10.6. The van der Waals surface area contributed by atoms with Gasteiger partial charge in [-0.1, -0.05) is 6.92 Å². The predicted octanol–water partition coefficient (Wildman–Crippen LogP) is 2.80. The molecule has 6 heteroatoms. The van der Waals surface area contributed by atoms with Crippen molar-refractivity contribution in [3.8, 4) is 0 Å². The minimum absolute atomic E-state index is 0.133. The van der Waals surface area contributed by atoms with Crippen molar-refractivity contribution >= 4 is 17.4 Å². The van der Waals surface area contributed by atoms with Gasteiger partial charge in [-0.05, 0) is 37.5 Å². The van der Waals surface area contributed by atoms with E-state index in [4.69, 9.17) is 0 Å². The summed E-state index contributed by atoms with van der Waals surface area (Å²) in [5.41, 5.74) is 3.39. The summed E-state index contributed by atoms with van der Waals surface area (Å²) in [6.45, 7) is 7.28. The van der Waals surface area contributed by atoms with Crippen molar-refractivity contribution in [2.45, 2.75) is 33.1 Å². The molecule has 0 unspecified atom stereocenters. The van der Waals surface area contributed by atoms with Gasteiger partial charge in [0.05, 0.1) is 5.01 Å². The van der Waals surface area contributed by atoms with E-state index in [1.807, 2.05) is 31.5 Å². The second-order valence-electron chi connectivity index (χ2n) is 5.42. The van der Waals surface area contributed by atoms with Gasteiger partial charge < -0.3 is 10.6 Å². The Labute approximate surface area is 135 Å². The average Bonchev–Trinajstić information content (AvgIpc) is 2.93. The molecule has 2 aromatic rings. The number of amides is 2. The molecule has 0 saturated carbocycles. The van der Waals surface area contributed by atoms with Gasteiger partial charge in [0.2, 0.25) is 0 Å². The summed E-state index contributed by atoms with van der Waals surface area (Å²) in [6, 6.07) is 1.86. The van der Waals surface area contributed by atoms with Crippen LogP contribution in [-0.4, -0.2) is 29.1 Å². The molecule has 2 amide bonds. The summed E-state index contributed by atoms with van der Waals surface area (Å²) in [7, 11) is 0. The monoisotopic (exact) mass is 318 g/mol. The Morgan fingerprint density at radius 3 is 2.86 bits per heavy atom. The van der Waals surface area contributed by atoms with Crippen LogP contribution in [0.3, 0.4) is 0 Å². The summed E-state index contributed by atoms with van der Waals surface area (Å²) in [5, 5.41) is 8.87. The number of pyridine rings is 1. The van der Waals surface area contributed by atoms with E-state index in [0.29, 0.717) is 13.1 Å². The Morgan fingerprint density at radius 2 is 2.18 bits per heavy atom. The highest BCUT2D eigenvalue weighted by molar-refractivity contribution is 7.09. The smallest absolute Gasteiger partial charge is 0.314 e. The second-order valence-corrected chi connectivity index (χ2v) is 6.31. The topological polar surface area (TPSA) is 66.9 Å². The Bertz CT molecular complexity index is 626. The fourth-order valence-electron chi connectivity index (χ4n) is 2.09. The van der Waals surface area contributed by atoms with Gasteiger partial charge in [0.1, 0.15) is 0 Å². The molecule has 118 valence electrons. The van der Waals surface area contributed by atoms with E-state index < -0.39 is 0 Å². The van der Waals surface area contributed by atoms with Gasteiger partial charge in [0.25, 0.3) is 0 Å². The molecule has 0 bridgehead atoms. The number of hydrogen-bond acceptors (Lipinski definition) is 4. The van der Waals surface area contributed by atoms with Crippen LogP contribution in [0.1, 0.15) is 34.7 Å². The van der Waals surface area contributed by atoms with Crippen molar-refractivity contribution in [2.75, 3.05) is 13.1 Å². The van der Waals surface area contributed by atoms with Gasteiger partial charge in [0, 0.05) is 42.5 Å². The van der Waals surface area contributed by atoms with Crippen molar-refractivity contribution in [3.63, 3.8) is 0 Å². The molecule has 0 aromatic carbocycles. The zero-order chi connectivity index (χ0) is 15.9. The maximum atomic E-state index is 11.8. The predicted molar refractivity (Wildman–Crippen MR) is 89.3 cm³/mol. The van der Waals surface area contributed by atoms with E-state index in [1.54, 1.807) is 17.5 Å². The SMILES string of the molecule is Cc1csc([C@H](C)CNC(=O)NCCc2ccncc2C)n1. The van der Waals surface area contributed by atoms with Crippen LogP contribution in [0.5, 0.6) is 0 Å². The van der Waals surface area contributed by atoms with Crippen molar-refractivity contribution in [1.29, 1.82) is 0 Å². The molecule has 0 fully saturated rings. The van der Waals surface area contributed by atoms with Crippen LogP contribution in [0.15, 0.2) is 23.8 Å². The van der Waals surface area contributed by atoms with Gasteiger partial charge >= 0.3 is 6.03 Å². The van der Waals surface area contributed by atoms with Gasteiger partial charge in [0.15, 0.2) is 0 Å².